The van der Waals surface area contributed by atoms with Gasteiger partial charge in [0.05, 0.1) is 0 Å². The van der Waals surface area contributed by atoms with E-state index in [0.717, 1.165) is 29.0 Å². The number of fused-ring (bicyclic) bond motifs is 1. The van der Waals surface area contributed by atoms with Gasteiger partial charge in [0.15, 0.2) is 0 Å². The van der Waals surface area contributed by atoms with Gasteiger partial charge in [0.25, 0.3) is 0 Å². The highest BCUT2D eigenvalue weighted by molar-refractivity contribution is 5.69. The van der Waals surface area contributed by atoms with Gasteiger partial charge in [0.2, 0.25) is 0 Å². The van der Waals surface area contributed by atoms with Crippen molar-refractivity contribution in [3.63, 3.8) is 0 Å². The summed E-state index contributed by atoms with van der Waals surface area (Å²) in [6, 6.07) is 15.7. The Morgan fingerprint density at radius 2 is 1.84 bits per heavy atom. The third-order valence-electron chi connectivity index (χ3n) is 4.17. The Hall–Kier alpha value is -2.53. The second-order valence-corrected chi connectivity index (χ2v) is 6.48. The highest BCUT2D eigenvalue weighted by Gasteiger charge is 2.24. The SMILES string of the molecule is CN(C)CCOc1ccc2c(c1)CN(C(=O)OCc1ccccc1)C2. The van der Waals surface area contributed by atoms with Gasteiger partial charge < -0.3 is 14.4 Å². The van der Waals surface area contributed by atoms with Gasteiger partial charge in [-0.2, -0.15) is 0 Å². The molecule has 1 aliphatic rings. The minimum absolute atomic E-state index is 0.282. The van der Waals surface area contributed by atoms with Crippen molar-refractivity contribution in [2.45, 2.75) is 19.7 Å². The zero-order valence-corrected chi connectivity index (χ0v) is 14.8. The maximum Gasteiger partial charge on any atom is 0.410 e. The lowest BCUT2D eigenvalue weighted by atomic mass is 10.1. The number of amides is 1. The topological polar surface area (TPSA) is 42.0 Å². The van der Waals surface area contributed by atoms with Crippen molar-refractivity contribution in [2.75, 3.05) is 27.2 Å². The first-order valence-corrected chi connectivity index (χ1v) is 8.47. The molecule has 1 amide bonds. The minimum atomic E-state index is -0.282. The number of nitrogens with zero attached hydrogens (tertiary/aromatic N) is 2. The quantitative estimate of drug-likeness (QED) is 0.809. The fourth-order valence-corrected chi connectivity index (χ4v) is 2.75. The summed E-state index contributed by atoms with van der Waals surface area (Å²) in [4.78, 5) is 16.1. The third kappa shape index (κ3) is 4.73. The summed E-state index contributed by atoms with van der Waals surface area (Å²) in [5, 5.41) is 0. The maximum atomic E-state index is 12.3. The summed E-state index contributed by atoms with van der Waals surface area (Å²) in [5.74, 6) is 0.847. The molecule has 1 aliphatic heterocycles. The lowest BCUT2D eigenvalue weighted by Gasteiger charge is -2.15. The van der Waals surface area contributed by atoms with Gasteiger partial charge in [-0.3, -0.25) is 4.90 Å². The van der Waals surface area contributed by atoms with Crippen LogP contribution < -0.4 is 4.74 Å². The molecule has 0 bridgehead atoms. The molecule has 0 N–H and O–H groups in total. The van der Waals surface area contributed by atoms with E-state index in [0.29, 0.717) is 26.3 Å². The van der Waals surface area contributed by atoms with E-state index in [9.17, 15) is 4.79 Å². The van der Waals surface area contributed by atoms with Crippen LogP contribution in [0.5, 0.6) is 5.75 Å². The number of ether oxygens (including phenoxy) is 2. The van der Waals surface area contributed by atoms with Crippen LogP contribution in [-0.4, -0.2) is 43.1 Å². The molecule has 1 heterocycles. The van der Waals surface area contributed by atoms with E-state index in [1.165, 1.54) is 0 Å². The monoisotopic (exact) mass is 340 g/mol. The van der Waals surface area contributed by atoms with E-state index in [-0.39, 0.29) is 6.09 Å². The molecule has 0 saturated heterocycles. The maximum absolute atomic E-state index is 12.3. The Kier molecular flexibility index (Phi) is 5.56. The molecule has 2 aromatic carbocycles. The summed E-state index contributed by atoms with van der Waals surface area (Å²) in [7, 11) is 4.04. The number of benzene rings is 2. The molecule has 3 rings (SSSR count). The molecular formula is C20H24N2O3. The Balaban J connectivity index is 1.53. The predicted octanol–water partition coefficient (Wildman–Crippen LogP) is 3.28. The Morgan fingerprint density at radius 1 is 1.08 bits per heavy atom. The van der Waals surface area contributed by atoms with Gasteiger partial charge >= 0.3 is 6.09 Å². The molecule has 25 heavy (non-hydrogen) atoms. The molecule has 0 radical (unpaired) electrons. The van der Waals surface area contributed by atoms with Crippen molar-refractivity contribution in [2.24, 2.45) is 0 Å². The van der Waals surface area contributed by atoms with Crippen LogP contribution in [0, 0.1) is 0 Å². The average molecular weight is 340 g/mol. The highest BCUT2D eigenvalue weighted by Crippen LogP contribution is 2.27. The number of rotatable bonds is 6. The van der Waals surface area contributed by atoms with E-state index < -0.39 is 0 Å². The molecule has 0 spiro atoms. The first-order valence-electron chi connectivity index (χ1n) is 8.47. The van der Waals surface area contributed by atoms with Crippen LogP contribution in [0.3, 0.4) is 0 Å². The number of likely N-dealkylation sites (N-methyl/N-ethyl adjacent to an activating group) is 1. The summed E-state index contributed by atoms with van der Waals surface area (Å²) < 4.78 is 11.2. The van der Waals surface area contributed by atoms with Crippen LogP contribution in [0.1, 0.15) is 16.7 Å². The largest absolute Gasteiger partial charge is 0.492 e. The zero-order valence-electron chi connectivity index (χ0n) is 14.8. The number of carbonyl (C=O) groups excluding carboxylic acids is 1. The van der Waals surface area contributed by atoms with E-state index in [1.54, 1.807) is 4.90 Å². The molecule has 0 atom stereocenters. The average Bonchev–Trinajstić information content (AvgIpc) is 3.04. The normalized spacial score (nSPS) is 13.0. The van der Waals surface area contributed by atoms with Crippen molar-refractivity contribution < 1.29 is 14.3 Å². The van der Waals surface area contributed by atoms with Gasteiger partial charge in [0, 0.05) is 19.6 Å². The minimum Gasteiger partial charge on any atom is -0.492 e. The van der Waals surface area contributed by atoms with Gasteiger partial charge in [-0.1, -0.05) is 36.4 Å². The highest BCUT2D eigenvalue weighted by atomic mass is 16.6. The van der Waals surface area contributed by atoms with E-state index in [4.69, 9.17) is 9.47 Å². The second kappa shape index (κ2) is 8.03. The summed E-state index contributed by atoms with van der Waals surface area (Å²) in [5.41, 5.74) is 3.26. The smallest absolute Gasteiger partial charge is 0.410 e. The van der Waals surface area contributed by atoms with Crippen molar-refractivity contribution in [1.82, 2.24) is 9.80 Å². The van der Waals surface area contributed by atoms with Gasteiger partial charge in [0.1, 0.15) is 19.0 Å². The summed E-state index contributed by atoms with van der Waals surface area (Å²) in [6.45, 7) is 2.96. The predicted molar refractivity (Wildman–Crippen MR) is 96.4 cm³/mol. The first kappa shape index (κ1) is 17.3. The standard InChI is InChI=1S/C20H24N2O3/c1-21(2)10-11-24-19-9-8-17-13-22(14-18(17)12-19)20(23)25-15-16-6-4-3-5-7-16/h3-9,12H,10-11,13-15H2,1-2H3. The number of hydrogen-bond donors (Lipinski definition) is 0. The zero-order chi connectivity index (χ0) is 17.6. The lowest BCUT2D eigenvalue weighted by Crippen LogP contribution is -2.25. The molecule has 0 aliphatic carbocycles. The van der Waals surface area contributed by atoms with Crippen LogP contribution in [0.15, 0.2) is 48.5 Å². The lowest BCUT2D eigenvalue weighted by molar-refractivity contribution is 0.0955. The second-order valence-electron chi connectivity index (χ2n) is 6.48. The van der Waals surface area contributed by atoms with Crippen molar-refractivity contribution in [3.05, 3.63) is 65.2 Å². The molecule has 2 aromatic rings. The van der Waals surface area contributed by atoms with E-state index in [1.807, 2.05) is 62.6 Å². The van der Waals surface area contributed by atoms with Gasteiger partial charge in [-0.15, -0.1) is 0 Å². The summed E-state index contributed by atoms with van der Waals surface area (Å²) >= 11 is 0. The van der Waals surface area contributed by atoms with Crippen molar-refractivity contribution in [3.8, 4) is 5.75 Å². The molecular weight excluding hydrogens is 316 g/mol. The molecule has 5 nitrogen and oxygen atoms in total. The van der Waals surface area contributed by atoms with Crippen LogP contribution in [0.2, 0.25) is 0 Å². The van der Waals surface area contributed by atoms with Gasteiger partial charge in [-0.05, 0) is 42.9 Å². The Labute approximate surface area is 148 Å². The van der Waals surface area contributed by atoms with Crippen LogP contribution in [-0.2, 0) is 24.4 Å². The van der Waals surface area contributed by atoms with Crippen LogP contribution >= 0.6 is 0 Å². The molecule has 132 valence electrons. The first-order chi connectivity index (χ1) is 12.1. The fourth-order valence-electron chi connectivity index (χ4n) is 2.75. The molecule has 0 aromatic heterocycles. The Morgan fingerprint density at radius 3 is 2.60 bits per heavy atom. The fraction of sp³-hybridized carbons (Fsp3) is 0.350. The molecule has 5 heteroatoms. The number of carbonyl (C=O) groups is 1. The van der Waals surface area contributed by atoms with E-state index in [2.05, 4.69) is 4.90 Å². The summed E-state index contributed by atoms with van der Waals surface area (Å²) in [6.07, 6.45) is -0.282. The van der Waals surface area contributed by atoms with Crippen LogP contribution in [0.25, 0.3) is 0 Å². The van der Waals surface area contributed by atoms with Crippen molar-refractivity contribution >= 4 is 6.09 Å². The van der Waals surface area contributed by atoms with E-state index >= 15 is 0 Å². The molecule has 0 unspecified atom stereocenters. The van der Waals surface area contributed by atoms with Gasteiger partial charge in [-0.25, -0.2) is 4.79 Å². The number of hydrogen-bond acceptors (Lipinski definition) is 4. The van der Waals surface area contributed by atoms with Crippen LogP contribution in [0.4, 0.5) is 4.79 Å². The molecule has 0 fully saturated rings. The Bertz CT molecular complexity index is 716. The third-order valence-corrected chi connectivity index (χ3v) is 4.17. The van der Waals surface area contributed by atoms with Crippen molar-refractivity contribution in [1.29, 1.82) is 0 Å². The molecule has 0 saturated carbocycles.